The van der Waals surface area contributed by atoms with Crippen molar-refractivity contribution < 1.29 is 0 Å². The maximum absolute atomic E-state index is 5.98. The van der Waals surface area contributed by atoms with Crippen LogP contribution in [-0.4, -0.2) is 15.7 Å². The molecule has 98 valence electrons. The van der Waals surface area contributed by atoms with Crippen LogP contribution in [0.5, 0.6) is 0 Å². The van der Waals surface area contributed by atoms with Crippen LogP contribution in [0.1, 0.15) is 12.6 Å². The van der Waals surface area contributed by atoms with Gasteiger partial charge in [-0.2, -0.15) is 5.10 Å². The number of anilines is 1. The van der Waals surface area contributed by atoms with E-state index >= 15 is 0 Å². The average molecular weight is 316 g/mol. The summed E-state index contributed by atoms with van der Waals surface area (Å²) in [7, 11) is 0. The Hall–Kier alpha value is -1.36. The lowest BCUT2D eigenvalue weighted by molar-refractivity contribution is 1.20. The summed E-state index contributed by atoms with van der Waals surface area (Å²) in [5, 5.41) is 4.95. The lowest BCUT2D eigenvalue weighted by Crippen LogP contribution is -2.03. The van der Waals surface area contributed by atoms with E-state index in [-0.39, 0.29) is 5.15 Å². The highest BCUT2D eigenvalue weighted by molar-refractivity contribution is 6.42. The first-order valence-corrected chi connectivity index (χ1v) is 6.44. The van der Waals surface area contributed by atoms with E-state index in [2.05, 4.69) is 20.5 Å². The quantitative estimate of drug-likeness (QED) is 0.522. The molecule has 0 saturated carbocycles. The third kappa shape index (κ3) is 3.56. The zero-order valence-corrected chi connectivity index (χ0v) is 12.1. The van der Waals surface area contributed by atoms with Crippen molar-refractivity contribution in [2.24, 2.45) is 5.10 Å². The molecule has 0 fully saturated rings. The van der Waals surface area contributed by atoms with Crippen LogP contribution in [-0.2, 0) is 0 Å². The summed E-state index contributed by atoms with van der Waals surface area (Å²) in [5.41, 5.74) is 4.20. The molecule has 0 aliphatic carbocycles. The van der Waals surface area contributed by atoms with Gasteiger partial charge in [0.15, 0.2) is 5.82 Å². The minimum absolute atomic E-state index is 0.166. The third-order valence-electron chi connectivity index (χ3n) is 2.25. The Morgan fingerprint density at radius 2 is 2.00 bits per heavy atom. The summed E-state index contributed by atoms with van der Waals surface area (Å²) in [6.45, 7) is 1.82. The van der Waals surface area contributed by atoms with Crippen molar-refractivity contribution in [3.63, 3.8) is 0 Å². The van der Waals surface area contributed by atoms with Crippen LogP contribution in [0.2, 0.25) is 15.2 Å². The van der Waals surface area contributed by atoms with E-state index in [0.717, 1.165) is 5.69 Å². The summed E-state index contributed by atoms with van der Waals surface area (Å²) in [4.78, 5) is 8.17. The molecule has 0 radical (unpaired) electrons. The Balaban J connectivity index is 2.21. The van der Waals surface area contributed by atoms with Gasteiger partial charge in [0.1, 0.15) is 5.15 Å². The van der Waals surface area contributed by atoms with E-state index in [1.54, 1.807) is 6.20 Å². The maximum atomic E-state index is 5.98. The fourth-order valence-electron chi connectivity index (χ4n) is 1.29. The van der Waals surface area contributed by atoms with Gasteiger partial charge >= 0.3 is 0 Å². The first-order chi connectivity index (χ1) is 9.08. The number of hydrogen-bond donors (Lipinski definition) is 1. The second kappa shape index (κ2) is 6.19. The van der Waals surface area contributed by atoms with Crippen LogP contribution in [0.25, 0.3) is 0 Å². The monoisotopic (exact) mass is 314 g/mol. The van der Waals surface area contributed by atoms with E-state index in [1.165, 1.54) is 6.07 Å². The first kappa shape index (κ1) is 14.1. The summed E-state index contributed by atoms with van der Waals surface area (Å²) < 4.78 is 0. The summed E-state index contributed by atoms with van der Waals surface area (Å²) in [6, 6.07) is 7.07. The largest absolute Gasteiger partial charge is 0.260 e. The Morgan fingerprint density at radius 1 is 1.21 bits per heavy atom. The summed E-state index contributed by atoms with van der Waals surface area (Å²) in [6.07, 6.45) is 1.69. The van der Waals surface area contributed by atoms with Crippen molar-refractivity contribution in [3.8, 4) is 0 Å². The zero-order chi connectivity index (χ0) is 13.8. The van der Waals surface area contributed by atoms with Crippen molar-refractivity contribution in [2.45, 2.75) is 6.92 Å². The van der Waals surface area contributed by atoms with Crippen molar-refractivity contribution in [3.05, 3.63) is 51.4 Å². The Kier molecular flexibility index (Phi) is 4.58. The average Bonchev–Trinajstić information content (AvgIpc) is 2.42. The maximum Gasteiger partial charge on any atom is 0.166 e. The van der Waals surface area contributed by atoms with Crippen molar-refractivity contribution in [1.29, 1.82) is 0 Å². The van der Waals surface area contributed by atoms with Crippen molar-refractivity contribution >= 4 is 46.3 Å². The van der Waals surface area contributed by atoms with E-state index in [0.29, 0.717) is 21.6 Å². The molecule has 0 aromatic carbocycles. The van der Waals surface area contributed by atoms with E-state index < -0.39 is 0 Å². The highest BCUT2D eigenvalue weighted by Gasteiger charge is 2.07. The minimum Gasteiger partial charge on any atom is -0.260 e. The fourth-order valence-corrected chi connectivity index (χ4v) is 1.83. The Bertz CT molecular complexity index is 614. The molecular weight excluding hydrogens is 307 g/mol. The minimum atomic E-state index is 0.166. The fraction of sp³-hybridized carbons (Fsp3) is 0.0833. The molecule has 4 nitrogen and oxygen atoms in total. The lowest BCUT2D eigenvalue weighted by Gasteiger charge is -2.05. The van der Waals surface area contributed by atoms with Crippen LogP contribution < -0.4 is 5.43 Å². The number of rotatable bonds is 3. The number of nitrogens with zero attached hydrogens (tertiary/aromatic N) is 3. The van der Waals surface area contributed by atoms with Crippen molar-refractivity contribution in [1.82, 2.24) is 9.97 Å². The van der Waals surface area contributed by atoms with Gasteiger partial charge in [-0.15, -0.1) is 0 Å². The molecule has 0 saturated heterocycles. The van der Waals surface area contributed by atoms with Gasteiger partial charge in [0.2, 0.25) is 0 Å². The first-order valence-electron chi connectivity index (χ1n) is 5.31. The number of aromatic nitrogens is 2. The van der Waals surface area contributed by atoms with Gasteiger partial charge in [0.05, 0.1) is 21.5 Å². The van der Waals surface area contributed by atoms with E-state index in [4.69, 9.17) is 34.8 Å². The second-order valence-electron chi connectivity index (χ2n) is 3.62. The van der Waals surface area contributed by atoms with Gasteiger partial charge in [0.25, 0.3) is 0 Å². The topological polar surface area (TPSA) is 50.2 Å². The highest BCUT2D eigenvalue weighted by Crippen LogP contribution is 2.28. The van der Waals surface area contributed by atoms with Crippen LogP contribution in [0.4, 0.5) is 5.82 Å². The molecule has 0 unspecified atom stereocenters. The second-order valence-corrected chi connectivity index (χ2v) is 4.79. The number of hydrazone groups is 1. The third-order valence-corrected chi connectivity index (χ3v) is 3.21. The standard InChI is InChI=1S/C12H9Cl3N4/c1-7(10-4-2-3-5-16-10)18-19-12-9(14)6-8(13)11(15)17-12/h2-6H,1H3,(H,17,19)/b18-7-. The predicted octanol–water partition coefficient (Wildman–Crippen LogP) is 4.27. The molecule has 2 aromatic rings. The molecule has 0 spiro atoms. The van der Waals surface area contributed by atoms with Gasteiger partial charge in [-0.25, -0.2) is 4.98 Å². The number of nitrogens with one attached hydrogen (secondary N) is 1. The number of hydrogen-bond acceptors (Lipinski definition) is 4. The molecule has 0 amide bonds. The number of pyridine rings is 2. The van der Waals surface area contributed by atoms with E-state index in [9.17, 15) is 0 Å². The highest BCUT2D eigenvalue weighted by atomic mass is 35.5. The van der Waals surface area contributed by atoms with Gasteiger partial charge in [-0.05, 0) is 25.1 Å². The summed E-state index contributed by atoms with van der Waals surface area (Å²) >= 11 is 17.6. The number of halogens is 3. The van der Waals surface area contributed by atoms with Crippen LogP contribution >= 0.6 is 34.8 Å². The molecule has 0 atom stereocenters. The molecule has 1 N–H and O–H groups in total. The lowest BCUT2D eigenvalue weighted by atomic mass is 10.3. The Labute approximate surface area is 125 Å². The van der Waals surface area contributed by atoms with E-state index in [1.807, 2.05) is 25.1 Å². The predicted molar refractivity (Wildman–Crippen MR) is 79.3 cm³/mol. The molecule has 7 heteroatoms. The zero-order valence-electron chi connectivity index (χ0n) is 9.86. The van der Waals surface area contributed by atoms with Crippen LogP contribution in [0.3, 0.4) is 0 Å². The van der Waals surface area contributed by atoms with Gasteiger partial charge < -0.3 is 0 Å². The molecule has 19 heavy (non-hydrogen) atoms. The van der Waals surface area contributed by atoms with Crippen molar-refractivity contribution in [2.75, 3.05) is 5.43 Å². The van der Waals surface area contributed by atoms with Gasteiger partial charge in [-0.3, -0.25) is 10.4 Å². The smallest absolute Gasteiger partial charge is 0.166 e. The van der Waals surface area contributed by atoms with Crippen LogP contribution in [0.15, 0.2) is 35.6 Å². The normalized spacial score (nSPS) is 11.5. The molecule has 0 aliphatic rings. The molecular formula is C12H9Cl3N4. The SMILES string of the molecule is C/C(=N/Nc1nc(Cl)c(Cl)cc1Cl)c1ccccn1. The van der Waals surface area contributed by atoms with Crippen LogP contribution in [0, 0.1) is 0 Å². The molecule has 2 rings (SSSR count). The molecule has 0 bridgehead atoms. The molecule has 2 heterocycles. The summed E-state index contributed by atoms with van der Waals surface area (Å²) in [5.74, 6) is 0.339. The molecule has 2 aromatic heterocycles. The Morgan fingerprint density at radius 3 is 2.68 bits per heavy atom. The van der Waals surface area contributed by atoms with Gasteiger partial charge in [-0.1, -0.05) is 40.9 Å². The van der Waals surface area contributed by atoms with Gasteiger partial charge in [0, 0.05) is 6.20 Å². The molecule has 0 aliphatic heterocycles.